The number of aliphatic hydroxyl groups is 1. The molecule has 1 atom stereocenters. The van der Waals surface area contributed by atoms with Gasteiger partial charge in [0, 0.05) is 11.6 Å². The second-order valence-electron chi connectivity index (χ2n) is 5.16. The van der Waals surface area contributed by atoms with Gasteiger partial charge in [0.25, 0.3) is 0 Å². The van der Waals surface area contributed by atoms with E-state index in [0.717, 1.165) is 11.1 Å². The largest absolute Gasteiger partial charge is 0.412 e. The number of nitrogens with one attached hydrogen (secondary N) is 1. The number of amides is 1. The second-order valence-corrected chi connectivity index (χ2v) is 5.60. The van der Waals surface area contributed by atoms with Gasteiger partial charge in [0.15, 0.2) is 0 Å². The van der Waals surface area contributed by atoms with Gasteiger partial charge in [0.1, 0.15) is 11.4 Å². The van der Waals surface area contributed by atoms with Crippen LogP contribution in [0, 0.1) is 0 Å². The van der Waals surface area contributed by atoms with Crippen molar-refractivity contribution in [3.8, 4) is 5.75 Å². The van der Waals surface area contributed by atoms with E-state index < -0.39 is 11.7 Å². The number of carbonyl (C=O) groups is 1. The molecule has 1 amide bonds. The summed E-state index contributed by atoms with van der Waals surface area (Å²) in [4.78, 5) is 11.4. The van der Waals surface area contributed by atoms with Gasteiger partial charge in [-0.2, -0.15) is 0 Å². The summed E-state index contributed by atoms with van der Waals surface area (Å²) in [5.41, 5.74) is 0.377. The monoisotopic (exact) mass is 333 g/mol. The molecule has 0 saturated carbocycles. The van der Waals surface area contributed by atoms with Crippen molar-refractivity contribution in [3.05, 3.63) is 64.7 Å². The molecule has 0 saturated heterocycles. The summed E-state index contributed by atoms with van der Waals surface area (Å²) in [5.74, 6) is 0.425. The summed E-state index contributed by atoms with van der Waals surface area (Å²) in [6, 6.07) is 14.0. The maximum atomic E-state index is 11.4. The molecule has 0 radical (unpaired) electrons. The van der Waals surface area contributed by atoms with Crippen molar-refractivity contribution < 1.29 is 14.6 Å². The molecule has 2 aromatic carbocycles. The summed E-state index contributed by atoms with van der Waals surface area (Å²) < 4.78 is 5.13. The zero-order valence-corrected chi connectivity index (χ0v) is 13.9. The number of ether oxygens (including phenoxy) is 1. The molecule has 122 valence electrons. The Balaban J connectivity index is 2.24. The van der Waals surface area contributed by atoms with E-state index in [9.17, 15) is 9.90 Å². The second kappa shape index (κ2) is 7.49. The van der Waals surface area contributed by atoms with Crippen LogP contribution in [0.1, 0.15) is 31.4 Å². The summed E-state index contributed by atoms with van der Waals surface area (Å²) in [7, 11) is 0. The molecule has 5 heteroatoms. The van der Waals surface area contributed by atoms with E-state index in [2.05, 4.69) is 5.32 Å². The number of carbonyl (C=O) groups excluding carboxylic acids is 1. The standard InChI is InChI=1S/C18H20ClNO3/c1-3-18(22,13-5-9-15(19)10-6-13)14-7-11-16(12-8-14)23-17(21)20-4-2/h5-12,22H,3-4H2,1-2H3,(H,20,21). The molecule has 0 aliphatic heterocycles. The highest BCUT2D eigenvalue weighted by atomic mass is 35.5. The lowest BCUT2D eigenvalue weighted by molar-refractivity contribution is 0.0765. The van der Waals surface area contributed by atoms with Crippen LogP contribution in [0.5, 0.6) is 5.75 Å². The fourth-order valence-corrected chi connectivity index (χ4v) is 2.51. The predicted molar refractivity (Wildman–Crippen MR) is 90.9 cm³/mol. The van der Waals surface area contributed by atoms with Gasteiger partial charge in [-0.1, -0.05) is 42.8 Å². The molecule has 0 aromatic heterocycles. The van der Waals surface area contributed by atoms with Crippen molar-refractivity contribution in [3.63, 3.8) is 0 Å². The molecule has 1 unspecified atom stereocenters. The summed E-state index contributed by atoms with van der Waals surface area (Å²) in [6.07, 6.45) is 0.00855. The van der Waals surface area contributed by atoms with E-state index in [1.54, 1.807) is 36.4 Å². The van der Waals surface area contributed by atoms with Crippen LogP contribution in [0.4, 0.5) is 4.79 Å². The molecule has 0 heterocycles. The quantitative estimate of drug-likeness (QED) is 0.866. The van der Waals surface area contributed by atoms with Gasteiger partial charge in [0.05, 0.1) is 0 Å². The van der Waals surface area contributed by atoms with Crippen LogP contribution in [0.15, 0.2) is 48.5 Å². The predicted octanol–water partition coefficient (Wildman–Crippen LogP) is 4.09. The molecule has 0 fully saturated rings. The highest BCUT2D eigenvalue weighted by Gasteiger charge is 2.29. The Labute approximate surface area is 141 Å². The molecule has 0 aliphatic carbocycles. The van der Waals surface area contributed by atoms with Gasteiger partial charge in [0.2, 0.25) is 0 Å². The minimum atomic E-state index is -1.12. The maximum absolute atomic E-state index is 11.4. The van der Waals surface area contributed by atoms with E-state index in [4.69, 9.17) is 16.3 Å². The topological polar surface area (TPSA) is 58.6 Å². The van der Waals surface area contributed by atoms with Crippen LogP contribution in [-0.4, -0.2) is 17.7 Å². The maximum Gasteiger partial charge on any atom is 0.412 e. The van der Waals surface area contributed by atoms with Crippen LogP contribution < -0.4 is 10.1 Å². The van der Waals surface area contributed by atoms with Crippen LogP contribution in [0.2, 0.25) is 5.02 Å². The molecule has 2 N–H and O–H groups in total. The first-order valence-corrected chi connectivity index (χ1v) is 7.92. The molecule has 23 heavy (non-hydrogen) atoms. The Bertz CT molecular complexity index is 655. The smallest absolute Gasteiger partial charge is 0.410 e. The Morgan fingerprint density at radius 2 is 1.61 bits per heavy atom. The molecule has 0 aliphatic rings. The van der Waals surface area contributed by atoms with Crippen LogP contribution in [-0.2, 0) is 5.60 Å². The molecule has 2 aromatic rings. The van der Waals surface area contributed by atoms with Crippen molar-refractivity contribution >= 4 is 17.7 Å². The summed E-state index contributed by atoms with van der Waals surface area (Å²) >= 11 is 5.91. The summed E-state index contributed by atoms with van der Waals surface area (Å²) in [5, 5.41) is 14.2. The van der Waals surface area contributed by atoms with Crippen molar-refractivity contribution in [2.45, 2.75) is 25.9 Å². The van der Waals surface area contributed by atoms with Crippen LogP contribution in [0.3, 0.4) is 0 Å². The Kier molecular flexibility index (Phi) is 5.64. The van der Waals surface area contributed by atoms with Gasteiger partial charge in [-0.15, -0.1) is 0 Å². The number of halogens is 1. The number of hydrogen-bond donors (Lipinski definition) is 2. The molecular formula is C18H20ClNO3. The fourth-order valence-electron chi connectivity index (χ4n) is 2.39. The van der Waals surface area contributed by atoms with Gasteiger partial charge < -0.3 is 15.2 Å². The van der Waals surface area contributed by atoms with Gasteiger partial charge in [-0.25, -0.2) is 4.79 Å². The first-order chi connectivity index (χ1) is 11.0. The highest BCUT2D eigenvalue weighted by molar-refractivity contribution is 6.30. The Morgan fingerprint density at radius 1 is 1.09 bits per heavy atom. The molecule has 0 spiro atoms. The van der Waals surface area contributed by atoms with Crippen LogP contribution in [0.25, 0.3) is 0 Å². The van der Waals surface area contributed by atoms with E-state index in [1.165, 1.54) is 0 Å². The van der Waals surface area contributed by atoms with E-state index in [0.29, 0.717) is 23.7 Å². The third-order valence-corrected chi connectivity index (χ3v) is 3.95. The van der Waals surface area contributed by atoms with E-state index in [1.807, 2.05) is 26.0 Å². The molecule has 2 rings (SSSR count). The lowest BCUT2D eigenvalue weighted by Crippen LogP contribution is -2.27. The van der Waals surface area contributed by atoms with Crippen molar-refractivity contribution in [2.75, 3.05) is 6.54 Å². The third-order valence-electron chi connectivity index (χ3n) is 3.70. The number of rotatable bonds is 5. The highest BCUT2D eigenvalue weighted by Crippen LogP contribution is 2.34. The van der Waals surface area contributed by atoms with E-state index in [-0.39, 0.29) is 0 Å². The normalized spacial score (nSPS) is 13.2. The number of hydrogen-bond acceptors (Lipinski definition) is 3. The van der Waals surface area contributed by atoms with Gasteiger partial charge >= 0.3 is 6.09 Å². The molecular weight excluding hydrogens is 314 g/mol. The Hall–Kier alpha value is -2.04. The van der Waals surface area contributed by atoms with Crippen molar-refractivity contribution in [2.24, 2.45) is 0 Å². The first-order valence-electron chi connectivity index (χ1n) is 7.54. The minimum absolute atomic E-state index is 0.425. The molecule has 0 bridgehead atoms. The Morgan fingerprint density at radius 3 is 2.09 bits per heavy atom. The fraction of sp³-hybridized carbons (Fsp3) is 0.278. The van der Waals surface area contributed by atoms with Gasteiger partial charge in [-0.3, -0.25) is 0 Å². The first kappa shape index (κ1) is 17.3. The SMILES string of the molecule is CCNC(=O)Oc1ccc(C(O)(CC)c2ccc(Cl)cc2)cc1. The van der Waals surface area contributed by atoms with Crippen molar-refractivity contribution in [1.29, 1.82) is 0 Å². The zero-order valence-electron chi connectivity index (χ0n) is 13.2. The van der Waals surface area contributed by atoms with E-state index >= 15 is 0 Å². The molecule has 4 nitrogen and oxygen atoms in total. The lowest BCUT2D eigenvalue weighted by atomic mass is 9.84. The average Bonchev–Trinajstić information content (AvgIpc) is 2.55. The summed E-state index contributed by atoms with van der Waals surface area (Å²) in [6.45, 7) is 4.23. The lowest BCUT2D eigenvalue weighted by Gasteiger charge is -2.28. The average molecular weight is 334 g/mol. The minimum Gasteiger partial charge on any atom is -0.410 e. The van der Waals surface area contributed by atoms with Crippen LogP contribution >= 0.6 is 11.6 Å². The van der Waals surface area contributed by atoms with Gasteiger partial charge in [-0.05, 0) is 48.7 Å². The third kappa shape index (κ3) is 4.03. The number of benzene rings is 2. The van der Waals surface area contributed by atoms with Crippen molar-refractivity contribution in [1.82, 2.24) is 5.32 Å². The zero-order chi connectivity index (χ0) is 16.9.